The van der Waals surface area contributed by atoms with Crippen molar-refractivity contribution in [1.82, 2.24) is 19.5 Å². The van der Waals surface area contributed by atoms with Gasteiger partial charge in [0.2, 0.25) is 5.95 Å². The normalized spacial score (nSPS) is 14.5. The first-order valence-electron chi connectivity index (χ1n) is 21.3. The first kappa shape index (κ1) is 33.6. The van der Waals surface area contributed by atoms with Crippen LogP contribution < -0.4 is 10.4 Å². The maximum Gasteiger partial charge on any atom is 0.238 e. The maximum absolute atomic E-state index is 5.47. The summed E-state index contributed by atoms with van der Waals surface area (Å²) in [6, 6.07) is 67.9. The first-order valence-corrected chi connectivity index (χ1v) is 21.3. The Bertz CT molecular complexity index is 3880. The summed E-state index contributed by atoms with van der Waals surface area (Å²) in [5.74, 6) is 1.85. The zero-order chi connectivity index (χ0) is 40.5. The van der Waals surface area contributed by atoms with Gasteiger partial charge in [-0.2, -0.15) is 9.97 Å². The molecule has 62 heavy (non-hydrogen) atoms. The minimum absolute atomic E-state index is 0.588. The number of aromatic nitrogens is 4. The van der Waals surface area contributed by atoms with Crippen molar-refractivity contribution in [3.63, 3.8) is 0 Å². The zero-order valence-electron chi connectivity index (χ0n) is 33.4. The summed E-state index contributed by atoms with van der Waals surface area (Å²) in [6.07, 6.45) is 7.19. The lowest BCUT2D eigenvalue weighted by molar-refractivity contribution is 0.857. The Hall–Kier alpha value is -8.21. The fraction of sp³-hybridized carbons (Fsp3) is 0.0172. The monoisotopic (exact) mass is 786 g/mol. The van der Waals surface area contributed by atoms with Gasteiger partial charge in [0.15, 0.2) is 11.6 Å². The van der Waals surface area contributed by atoms with E-state index in [2.05, 4.69) is 193 Å². The van der Waals surface area contributed by atoms with E-state index in [1.807, 2.05) is 18.2 Å². The van der Waals surface area contributed by atoms with E-state index in [9.17, 15) is 0 Å². The quantitative estimate of drug-likeness (QED) is 0.168. The van der Waals surface area contributed by atoms with Crippen LogP contribution in [0.2, 0.25) is 0 Å². The minimum Gasteiger partial charge on any atom is -0.278 e. The van der Waals surface area contributed by atoms with Gasteiger partial charge in [-0.1, -0.05) is 170 Å². The van der Waals surface area contributed by atoms with Crippen molar-refractivity contribution in [2.75, 3.05) is 0 Å². The fourth-order valence-corrected chi connectivity index (χ4v) is 11.0. The van der Waals surface area contributed by atoms with E-state index in [0.29, 0.717) is 17.6 Å². The Morgan fingerprint density at radius 2 is 0.887 bits per heavy atom. The molecule has 0 amide bonds. The molecular formula is C58H34N4. The molecular weight excluding hydrogens is 753 g/mol. The number of para-hydroxylation sites is 2. The highest BCUT2D eigenvalue weighted by Crippen LogP contribution is 2.58. The highest BCUT2D eigenvalue weighted by molar-refractivity contribution is 6.25. The number of rotatable bonds is 3. The molecule has 0 aliphatic heterocycles. The molecule has 0 atom stereocenters. The van der Waals surface area contributed by atoms with Crippen molar-refractivity contribution >= 4 is 71.3 Å². The van der Waals surface area contributed by atoms with E-state index in [-0.39, 0.29) is 0 Å². The van der Waals surface area contributed by atoms with Crippen molar-refractivity contribution in [2.24, 2.45) is 0 Å². The molecule has 9 aromatic carbocycles. The molecule has 3 aliphatic carbocycles. The molecule has 4 nitrogen and oxygen atoms in total. The predicted molar refractivity (Wildman–Crippen MR) is 254 cm³/mol. The van der Waals surface area contributed by atoms with Crippen LogP contribution in [0.5, 0.6) is 0 Å². The van der Waals surface area contributed by atoms with Gasteiger partial charge in [-0.3, -0.25) is 4.57 Å². The van der Waals surface area contributed by atoms with Crippen LogP contribution in [-0.2, 0) is 5.41 Å². The summed E-state index contributed by atoms with van der Waals surface area (Å²) in [6.45, 7) is 0. The molecule has 0 fully saturated rings. The van der Waals surface area contributed by atoms with E-state index in [0.717, 1.165) is 32.9 Å². The standard InChI is InChI=1S/C58H34N4/c1-2-16-35(17-3-1)55-59-56(61-57(60-55)62-52-28-14-10-24-45(52)46-25-11-15-29-53(46)62)38-31-37-30-36-32-48-41-20-6-4-18-39(41)40-19-5-7-21-42(40)49(48)33-47(36)54(37)58(34-38)50-26-12-8-22-43(50)44-23-9-13-27-51(44)58/h1-34H. The van der Waals surface area contributed by atoms with Gasteiger partial charge in [-0.15, -0.1) is 0 Å². The van der Waals surface area contributed by atoms with E-state index < -0.39 is 5.41 Å². The first-order chi connectivity index (χ1) is 30.7. The molecule has 0 bridgehead atoms. The highest BCUT2D eigenvalue weighted by Gasteiger charge is 2.48. The third kappa shape index (κ3) is 4.47. The molecule has 1 spiro atoms. The predicted octanol–water partition coefficient (Wildman–Crippen LogP) is 12.0. The summed E-state index contributed by atoms with van der Waals surface area (Å²) < 4.78 is 2.20. The molecule has 2 aromatic heterocycles. The lowest BCUT2D eigenvalue weighted by Gasteiger charge is -2.35. The smallest absolute Gasteiger partial charge is 0.238 e. The van der Waals surface area contributed by atoms with Gasteiger partial charge in [0.1, 0.15) is 0 Å². The second-order valence-corrected chi connectivity index (χ2v) is 16.7. The van der Waals surface area contributed by atoms with Gasteiger partial charge in [0, 0.05) is 21.9 Å². The lowest BCUT2D eigenvalue weighted by Crippen LogP contribution is -2.34. The molecule has 286 valence electrons. The van der Waals surface area contributed by atoms with E-state index in [4.69, 9.17) is 15.0 Å². The topological polar surface area (TPSA) is 43.6 Å². The van der Waals surface area contributed by atoms with Crippen molar-refractivity contribution < 1.29 is 0 Å². The maximum atomic E-state index is 5.47. The summed E-state index contributed by atoms with van der Waals surface area (Å²) in [4.78, 5) is 16.1. The van der Waals surface area contributed by atoms with Crippen molar-refractivity contribution in [3.05, 3.63) is 233 Å². The molecule has 0 unspecified atom stereocenters. The Morgan fingerprint density at radius 3 is 1.52 bits per heavy atom. The van der Waals surface area contributed by atoms with Gasteiger partial charge >= 0.3 is 0 Å². The van der Waals surface area contributed by atoms with Crippen LogP contribution in [0.3, 0.4) is 0 Å². The summed E-state index contributed by atoms with van der Waals surface area (Å²) in [5, 5.41) is 12.4. The molecule has 4 heteroatoms. The van der Waals surface area contributed by atoms with Crippen LogP contribution in [0.1, 0.15) is 17.0 Å². The summed E-state index contributed by atoms with van der Waals surface area (Å²) in [5.41, 5.74) is 10.9. The molecule has 2 heterocycles. The van der Waals surface area contributed by atoms with Crippen LogP contribution in [0.15, 0.2) is 206 Å². The molecule has 0 radical (unpaired) electrons. The van der Waals surface area contributed by atoms with E-state index in [1.165, 1.54) is 76.2 Å². The highest BCUT2D eigenvalue weighted by atomic mass is 15.2. The Balaban J connectivity index is 1.11. The second kappa shape index (κ2) is 12.4. The van der Waals surface area contributed by atoms with Crippen LogP contribution >= 0.6 is 0 Å². The number of allylic oxidation sites excluding steroid dienone is 4. The summed E-state index contributed by atoms with van der Waals surface area (Å²) >= 11 is 0. The molecule has 0 saturated carbocycles. The van der Waals surface area contributed by atoms with E-state index >= 15 is 0 Å². The average Bonchev–Trinajstić information content (AvgIpc) is 3.97. The average molecular weight is 787 g/mol. The van der Waals surface area contributed by atoms with E-state index in [1.54, 1.807) is 0 Å². The Morgan fingerprint density at radius 1 is 0.387 bits per heavy atom. The van der Waals surface area contributed by atoms with Crippen molar-refractivity contribution in [2.45, 2.75) is 5.41 Å². The second-order valence-electron chi connectivity index (χ2n) is 16.7. The van der Waals surface area contributed by atoms with Gasteiger partial charge in [-0.25, -0.2) is 4.98 Å². The van der Waals surface area contributed by atoms with Crippen LogP contribution in [0.25, 0.3) is 99.8 Å². The number of benzene rings is 9. The number of hydrogen-bond donors (Lipinski definition) is 0. The minimum atomic E-state index is -0.624. The van der Waals surface area contributed by atoms with Crippen molar-refractivity contribution in [3.8, 4) is 28.5 Å². The largest absolute Gasteiger partial charge is 0.278 e. The van der Waals surface area contributed by atoms with Crippen LogP contribution in [0, 0.1) is 0 Å². The Labute approximate surface area is 356 Å². The van der Waals surface area contributed by atoms with Gasteiger partial charge in [0.05, 0.1) is 16.4 Å². The fourth-order valence-electron chi connectivity index (χ4n) is 11.0. The molecule has 0 saturated heterocycles. The van der Waals surface area contributed by atoms with Crippen molar-refractivity contribution in [1.29, 1.82) is 0 Å². The van der Waals surface area contributed by atoms with Gasteiger partial charge in [0.25, 0.3) is 0 Å². The number of nitrogens with zero attached hydrogens (tertiary/aromatic N) is 4. The SMILES string of the molecule is C1=C2C=c3cc4c5ccccc5c5ccccc5c4cc3=C2C2(C=C1c1nc(-c3ccccc3)nc(-n3c4ccccc4c4ccccc43)n1)c1ccccc1-c1ccccc12. The Kier molecular flexibility index (Phi) is 6.73. The number of fused-ring (bicyclic) bond motifs is 17. The van der Waals surface area contributed by atoms with Gasteiger partial charge < -0.3 is 0 Å². The van der Waals surface area contributed by atoms with Crippen LogP contribution in [-0.4, -0.2) is 19.5 Å². The molecule has 0 N–H and O–H groups in total. The van der Waals surface area contributed by atoms with Crippen LogP contribution in [0.4, 0.5) is 0 Å². The summed E-state index contributed by atoms with van der Waals surface area (Å²) in [7, 11) is 0. The number of hydrogen-bond acceptors (Lipinski definition) is 3. The third-order valence-corrected chi connectivity index (χ3v) is 13.5. The zero-order valence-corrected chi connectivity index (χ0v) is 33.4. The molecule has 11 aromatic rings. The third-order valence-electron chi connectivity index (χ3n) is 13.5. The molecule has 14 rings (SSSR count). The molecule has 3 aliphatic rings. The lowest BCUT2D eigenvalue weighted by atomic mass is 9.66. The van der Waals surface area contributed by atoms with Gasteiger partial charge in [-0.05, 0) is 113 Å².